The number of amides is 1. The standard InChI is InChI=1S/C14H15ClN4O4/c1-8-12(19(22)23)13(18(2)17-8)14(21)16-11(7-20)9-3-5-10(15)6-4-9/h3-6,11,20H,7H2,1-2H3,(H,16,21). The van der Waals surface area contributed by atoms with Crippen molar-refractivity contribution in [2.75, 3.05) is 6.61 Å². The number of aliphatic hydroxyl groups is 1. The summed E-state index contributed by atoms with van der Waals surface area (Å²) in [6.45, 7) is 1.09. The lowest BCUT2D eigenvalue weighted by atomic mass is 10.1. The Kier molecular flexibility index (Phi) is 4.97. The van der Waals surface area contributed by atoms with E-state index in [9.17, 15) is 20.0 Å². The molecule has 1 aromatic heterocycles. The van der Waals surface area contributed by atoms with E-state index in [4.69, 9.17) is 11.6 Å². The minimum atomic E-state index is -0.713. The first-order valence-corrected chi connectivity index (χ1v) is 7.08. The zero-order chi connectivity index (χ0) is 17.1. The maximum Gasteiger partial charge on any atom is 0.322 e. The lowest BCUT2D eigenvalue weighted by molar-refractivity contribution is -0.385. The van der Waals surface area contributed by atoms with Gasteiger partial charge < -0.3 is 10.4 Å². The van der Waals surface area contributed by atoms with E-state index in [1.165, 1.54) is 14.0 Å². The van der Waals surface area contributed by atoms with Gasteiger partial charge in [-0.2, -0.15) is 5.10 Å². The molecule has 0 fully saturated rings. The third kappa shape index (κ3) is 3.49. The Morgan fingerprint density at radius 3 is 2.61 bits per heavy atom. The normalized spacial score (nSPS) is 12.0. The molecule has 0 spiro atoms. The summed E-state index contributed by atoms with van der Waals surface area (Å²) in [5.74, 6) is -0.686. The molecule has 0 aliphatic carbocycles. The van der Waals surface area contributed by atoms with Crippen LogP contribution in [0.1, 0.15) is 27.8 Å². The molecule has 0 bridgehead atoms. The van der Waals surface area contributed by atoms with Gasteiger partial charge in [0.1, 0.15) is 5.69 Å². The molecule has 0 aliphatic heterocycles. The van der Waals surface area contributed by atoms with E-state index in [-0.39, 0.29) is 23.7 Å². The second-order valence-corrected chi connectivity index (χ2v) is 5.36. The minimum absolute atomic E-state index is 0.148. The molecule has 1 unspecified atom stereocenters. The molecule has 2 aromatic rings. The zero-order valence-electron chi connectivity index (χ0n) is 12.5. The molecule has 122 valence electrons. The number of halogens is 1. The van der Waals surface area contributed by atoms with E-state index in [1.54, 1.807) is 24.3 Å². The van der Waals surface area contributed by atoms with Crippen molar-refractivity contribution in [2.45, 2.75) is 13.0 Å². The summed E-state index contributed by atoms with van der Waals surface area (Å²) in [7, 11) is 1.45. The quantitative estimate of drug-likeness (QED) is 0.637. The Hall–Kier alpha value is -2.45. The lowest BCUT2D eigenvalue weighted by Crippen LogP contribution is -2.32. The highest BCUT2D eigenvalue weighted by molar-refractivity contribution is 6.30. The summed E-state index contributed by atoms with van der Waals surface area (Å²) in [6.07, 6.45) is 0. The van der Waals surface area contributed by atoms with E-state index in [0.717, 1.165) is 4.68 Å². The maximum absolute atomic E-state index is 12.4. The van der Waals surface area contributed by atoms with Crippen LogP contribution in [-0.2, 0) is 7.05 Å². The molecule has 1 aromatic carbocycles. The number of aryl methyl sites for hydroxylation is 2. The molecule has 0 radical (unpaired) electrons. The smallest absolute Gasteiger partial charge is 0.322 e. The van der Waals surface area contributed by atoms with Crippen LogP contribution in [0.2, 0.25) is 5.02 Å². The first-order chi connectivity index (χ1) is 10.8. The molecular weight excluding hydrogens is 324 g/mol. The molecule has 23 heavy (non-hydrogen) atoms. The van der Waals surface area contributed by atoms with Crippen LogP contribution in [0.25, 0.3) is 0 Å². The fraction of sp³-hybridized carbons (Fsp3) is 0.286. The fourth-order valence-electron chi connectivity index (χ4n) is 2.28. The van der Waals surface area contributed by atoms with E-state index < -0.39 is 16.9 Å². The Morgan fingerprint density at radius 1 is 1.48 bits per heavy atom. The van der Waals surface area contributed by atoms with Crippen LogP contribution in [0.15, 0.2) is 24.3 Å². The average molecular weight is 339 g/mol. The molecule has 0 aliphatic rings. The molecule has 0 saturated heterocycles. The minimum Gasteiger partial charge on any atom is -0.394 e. The number of rotatable bonds is 5. The number of carbonyl (C=O) groups is 1. The average Bonchev–Trinajstić information content (AvgIpc) is 2.80. The number of nitrogens with zero attached hydrogens (tertiary/aromatic N) is 3. The molecule has 2 rings (SSSR count). The largest absolute Gasteiger partial charge is 0.394 e. The van der Waals surface area contributed by atoms with Gasteiger partial charge in [0.2, 0.25) is 5.69 Å². The second kappa shape index (κ2) is 6.76. The third-order valence-electron chi connectivity index (χ3n) is 3.35. The van der Waals surface area contributed by atoms with Gasteiger partial charge in [-0.1, -0.05) is 23.7 Å². The third-order valence-corrected chi connectivity index (χ3v) is 3.60. The predicted octanol–water partition coefficient (Wildman–Crippen LogP) is 1.75. The Bertz CT molecular complexity index is 742. The number of hydrogen-bond acceptors (Lipinski definition) is 5. The molecule has 0 saturated carbocycles. The van der Waals surface area contributed by atoms with Crippen molar-refractivity contribution in [2.24, 2.45) is 7.05 Å². The van der Waals surface area contributed by atoms with Gasteiger partial charge in [0.25, 0.3) is 5.91 Å². The van der Waals surface area contributed by atoms with Gasteiger partial charge >= 0.3 is 5.69 Å². The van der Waals surface area contributed by atoms with Gasteiger partial charge in [-0.3, -0.25) is 19.6 Å². The zero-order valence-corrected chi connectivity index (χ0v) is 13.2. The highest BCUT2D eigenvalue weighted by atomic mass is 35.5. The van der Waals surface area contributed by atoms with Gasteiger partial charge in [-0.05, 0) is 24.6 Å². The fourth-order valence-corrected chi connectivity index (χ4v) is 2.40. The van der Waals surface area contributed by atoms with E-state index in [1.807, 2.05) is 0 Å². The van der Waals surface area contributed by atoms with Crippen molar-refractivity contribution in [1.82, 2.24) is 15.1 Å². The van der Waals surface area contributed by atoms with Gasteiger partial charge in [0.15, 0.2) is 0 Å². The summed E-state index contributed by atoms with van der Waals surface area (Å²) in [4.78, 5) is 22.9. The summed E-state index contributed by atoms with van der Waals surface area (Å²) in [5.41, 5.74) is 0.263. The first kappa shape index (κ1) is 16.9. The molecule has 1 amide bonds. The van der Waals surface area contributed by atoms with Gasteiger partial charge in [-0.25, -0.2) is 0 Å². The van der Waals surface area contributed by atoms with Crippen LogP contribution in [-0.4, -0.2) is 32.3 Å². The predicted molar refractivity (Wildman–Crippen MR) is 83.3 cm³/mol. The highest BCUT2D eigenvalue weighted by Crippen LogP contribution is 2.23. The van der Waals surface area contributed by atoms with Crippen LogP contribution in [0.3, 0.4) is 0 Å². The molecule has 1 heterocycles. The van der Waals surface area contributed by atoms with E-state index >= 15 is 0 Å². The van der Waals surface area contributed by atoms with Crippen molar-refractivity contribution in [3.8, 4) is 0 Å². The van der Waals surface area contributed by atoms with Gasteiger partial charge in [0, 0.05) is 12.1 Å². The molecule has 8 nitrogen and oxygen atoms in total. The second-order valence-electron chi connectivity index (χ2n) is 4.92. The number of aliphatic hydroxyl groups excluding tert-OH is 1. The van der Waals surface area contributed by atoms with Crippen molar-refractivity contribution in [3.05, 3.63) is 56.4 Å². The van der Waals surface area contributed by atoms with E-state index in [2.05, 4.69) is 10.4 Å². The van der Waals surface area contributed by atoms with Crippen LogP contribution in [0.5, 0.6) is 0 Å². The number of aromatic nitrogens is 2. The number of benzene rings is 1. The molecule has 2 N–H and O–H groups in total. The van der Waals surface area contributed by atoms with Crippen molar-refractivity contribution < 1.29 is 14.8 Å². The van der Waals surface area contributed by atoms with Crippen molar-refractivity contribution >= 4 is 23.2 Å². The van der Waals surface area contributed by atoms with Crippen LogP contribution in [0.4, 0.5) is 5.69 Å². The number of nitrogens with one attached hydrogen (secondary N) is 1. The topological polar surface area (TPSA) is 110 Å². The number of carbonyl (C=O) groups excluding carboxylic acids is 1. The Morgan fingerprint density at radius 2 is 2.09 bits per heavy atom. The van der Waals surface area contributed by atoms with Gasteiger partial charge in [-0.15, -0.1) is 0 Å². The van der Waals surface area contributed by atoms with Gasteiger partial charge in [0.05, 0.1) is 17.6 Å². The SMILES string of the molecule is Cc1nn(C)c(C(=O)NC(CO)c2ccc(Cl)cc2)c1[N+](=O)[O-]. The highest BCUT2D eigenvalue weighted by Gasteiger charge is 2.30. The molecule has 9 heteroatoms. The molecular formula is C14H15ClN4O4. The Balaban J connectivity index is 2.30. The summed E-state index contributed by atoms with van der Waals surface area (Å²) in [5, 5.41) is 27.6. The summed E-state index contributed by atoms with van der Waals surface area (Å²) < 4.78 is 1.15. The Labute approximate surface area is 136 Å². The van der Waals surface area contributed by atoms with Crippen LogP contribution < -0.4 is 5.32 Å². The van der Waals surface area contributed by atoms with Crippen molar-refractivity contribution in [3.63, 3.8) is 0 Å². The number of hydrogen-bond donors (Lipinski definition) is 2. The lowest BCUT2D eigenvalue weighted by Gasteiger charge is -2.16. The summed E-state index contributed by atoms with van der Waals surface area (Å²) >= 11 is 5.80. The van der Waals surface area contributed by atoms with Crippen molar-refractivity contribution in [1.29, 1.82) is 0 Å². The van der Waals surface area contributed by atoms with Crippen LogP contribution >= 0.6 is 11.6 Å². The summed E-state index contributed by atoms with van der Waals surface area (Å²) in [6, 6.07) is 5.86. The van der Waals surface area contributed by atoms with Crippen LogP contribution in [0, 0.1) is 17.0 Å². The van der Waals surface area contributed by atoms with E-state index in [0.29, 0.717) is 10.6 Å². The molecule has 1 atom stereocenters. The number of nitro groups is 1. The first-order valence-electron chi connectivity index (χ1n) is 6.70. The maximum atomic E-state index is 12.4. The monoisotopic (exact) mass is 338 g/mol.